The van der Waals surface area contributed by atoms with Crippen LogP contribution in [0.15, 0.2) is 30.3 Å². The summed E-state index contributed by atoms with van der Waals surface area (Å²) in [5.41, 5.74) is 2.36. The van der Waals surface area contributed by atoms with Gasteiger partial charge >= 0.3 is 0 Å². The third kappa shape index (κ3) is 4.42. The number of benzene rings is 1. The second kappa shape index (κ2) is 8.48. The average Bonchev–Trinajstić information content (AvgIpc) is 2.74. The number of rotatable bonds is 3. The highest BCUT2D eigenvalue weighted by Gasteiger charge is 2.30. The van der Waals surface area contributed by atoms with Gasteiger partial charge in [0.25, 0.3) is 0 Å². The summed E-state index contributed by atoms with van der Waals surface area (Å²) in [4.78, 5) is 24.4. The number of aromatic nitrogens is 1. The molecule has 152 valence electrons. The number of pyridine rings is 1. The van der Waals surface area contributed by atoms with E-state index >= 15 is 0 Å². The molecule has 3 heterocycles. The topological polar surface area (TPSA) is 63.5 Å². The number of piperidine rings is 1. The van der Waals surface area contributed by atoms with Crippen molar-refractivity contribution >= 4 is 16.8 Å². The van der Waals surface area contributed by atoms with Crippen LogP contribution >= 0.6 is 0 Å². The Hall–Kier alpha value is -2.49. The third-order valence-electron chi connectivity index (χ3n) is 6.25. The Balaban J connectivity index is 1.49. The molecule has 0 aliphatic carbocycles. The molecule has 29 heavy (non-hydrogen) atoms. The van der Waals surface area contributed by atoms with Crippen LogP contribution in [0.5, 0.6) is 0 Å². The number of carbonyl (C=O) groups excluding carboxylic acids is 1. The number of amides is 1. The van der Waals surface area contributed by atoms with Crippen LogP contribution in [0.2, 0.25) is 0 Å². The molecular weight excluding hydrogens is 362 g/mol. The van der Waals surface area contributed by atoms with Crippen LogP contribution < -0.4 is 0 Å². The van der Waals surface area contributed by atoms with Gasteiger partial charge in [-0.15, -0.1) is 0 Å². The van der Waals surface area contributed by atoms with Gasteiger partial charge in [-0.2, -0.15) is 5.26 Å². The van der Waals surface area contributed by atoms with Crippen molar-refractivity contribution in [3.8, 4) is 6.07 Å². The summed E-state index contributed by atoms with van der Waals surface area (Å²) < 4.78 is 0. The molecule has 2 saturated heterocycles. The van der Waals surface area contributed by atoms with Crippen LogP contribution in [-0.4, -0.2) is 78.5 Å². The smallest absolute Gasteiger partial charge is 0.236 e. The second-order valence-corrected chi connectivity index (χ2v) is 8.64. The summed E-state index contributed by atoms with van der Waals surface area (Å²) in [7, 11) is 2.13. The molecule has 2 atom stereocenters. The molecule has 2 aliphatic heterocycles. The minimum Gasteiger partial charge on any atom is -0.341 e. The summed E-state index contributed by atoms with van der Waals surface area (Å²) in [5, 5.41) is 10.4. The number of nitriles is 1. The van der Waals surface area contributed by atoms with Crippen LogP contribution in [-0.2, 0) is 4.79 Å². The van der Waals surface area contributed by atoms with Crippen LogP contribution in [0.25, 0.3) is 10.9 Å². The van der Waals surface area contributed by atoms with E-state index in [4.69, 9.17) is 4.98 Å². The van der Waals surface area contributed by atoms with Crippen molar-refractivity contribution in [3.63, 3.8) is 0 Å². The lowest BCUT2D eigenvalue weighted by molar-refractivity contribution is -0.135. The molecule has 6 nitrogen and oxygen atoms in total. The van der Waals surface area contributed by atoms with Crippen molar-refractivity contribution < 1.29 is 4.79 Å². The summed E-state index contributed by atoms with van der Waals surface area (Å²) in [6, 6.07) is 12.1. The Bertz CT molecular complexity index is 929. The quantitative estimate of drug-likeness (QED) is 0.803. The van der Waals surface area contributed by atoms with E-state index in [1.165, 1.54) is 0 Å². The SMILES string of the molecule is C[C@H]1C[C@H](c2ccc3cccc(C#N)c3n2)CN(C(=O)CN2CCN(C)CC2)C1. The van der Waals surface area contributed by atoms with E-state index in [1.54, 1.807) is 0 Å². The fourth-order valence-corrected chi connectivity index (χ4v) is 4.55. The van der Waals surface area contributed by atoms with E-state index in [2.05, 4.69) is 35.9 Å². The van der Waals surface area contributed by atoms with Gasteiger partial charge in [0.05, 0.1) is 17.6 Å². The Labute approximate surface area is 172 Å². The number of likely N-dealkylation sites (N-methyl/N-ethyl adjacent to an activating group) is 1. The lowest BCUT2D eigenvalue weighted by Gasteiger charge is -2.38. The average molecular weight is 392 g/mol. The third-order valence-corrected chi connectivity index (χ3v) is 6.25. The second-order valence-electron chi connectivity index (χ2n) is 8.64. The molecule has 1 aromatic carbocycles. The fraction of sp³-hybridized carbons (Fsp3) is 0.522. The highest BCUT2D eigenvalue weighted by molar-refractivity contribution is 5.84. The minimum atomic E-state index is 0.214. The summed E-state index contributed by atoms with van der Waals surface area (Å²) in [6.07, 6.45) is 1.02. The summed E-state index contributed by atoms with van der Waals surface area (Å²) in [5.74, 6) is 0.879. The highest BCUT2D eigenvalue weighted by Crippen LogP contribution is 2.30. The van der Waals surface area contributed by atoms with Crippen molar-refractivity contribution in [3.05, 3.63) is 41.6 Å². The van der Waals surface area contributed by atoms with E-state index in [-0.39, 0.29) is 11.8 Å². The highest BCUT2D eigenvalue weighted by atomic mass is 16.2. The first kappa shape index (κ1) is 19.8. The minimum absolute atomic E-state index is 0.214. The molecular formula is C23H29N5O. The first-order chi connectivity index (χ1) is 14.0. The van der Waals surface area contributed by atoms with Crippen molar-refractivity contribution in [2.24, 2.45) is 5.92 Å². The fourth-order valence-electron chi connectivity index (χ4n) is 4.55. The van der Waals surface area contributed by atoms with Crippen molar-refractivity contribution in [2.75, 3.05) is 52.9 Å². The number of hydrogen-bond acceptors (Lipinski definition) is 5. The van der Waals surface area contributed by atoms with Gasteiger partial charge in [-0.1, -0.05) is 25.1 Å². The lowest BCUT2D eigenvalue weighted by atomic mass is 9.87. The van der Waals surface area contributed by atoms with E-state index in [0.29, 0.717) is 24.6 Å². The zero-order valence-electron chi connectivity index (χ0n) is 17.3. The molecule has 4 rings (SSSR count). The molecule has 0 saturated carbocycles. The molecule has 2 aromatic rings. The number of para-hydroxylation sites is 1. The number of piperazine rings is 1. The van der Waals surface area contributed by atoms with Gasteiger partial charge in [0, 0.05) is 56.3 Å². The molecule has 0 spiro atoms. The van der Waals surface area contributed by atoms with Crippen molar-refractivity contribution in [2.45, 2.75) is 19.3 Å². The maximum atomic E-state index is 13.0. The van der Waals surface area contributed by atoms with E-state index in [1.807, 2.05) is 29.2 Å². The molecule has 2 aliphatic rings. The monoisotopic (exact) mass is 391 g/mol. The number of nitrogens with zero attached hydrogens (tertiary/aromatic N) is 5. The first-order valence-electron chi connectivity index (χ1n) is 10.5. The Morgan fingerprint density at radius 2 is 1.97 bits per heavy atom. The summed E-state index contributed by atoms with van der Waals surface area (Å²) >= 11 is 0. The van der Waals surface area contributed by atoms with Crippen molar-refractivity contribution in [1.82, 2.24) is 19.7 Å². The molecule has 0 bridgehead atoms. The number of hydrogen-bond donors (Lipinski definition) is 0. The maximum absolute atomic E-state index is 13.0. The predicted molar refractivity (Wildman–Crippen MR) is 113 cm³/mol. The van der Waals surface area contributed by atoms with E-state index < -0.39 is 0 Å². The summed E-state index contributed by atoms with van der Waals surface area (Å²) in [6.45, 7) is 8.21. The molecule has 6 heteroatoms. The standard InChI is InChI=1S/C23H29N5O/c1-17-12-20(21-7-6-18-4-3-5-19(13-24)23(18)25-21)15-28(14-17)22(29)16-27-10-8-26(2)9-11-27/h3-7,17,20H,8-12,14-16H2,1-2H3/t17-,20-/m0/s1. The van der Waals surface area contributed by atoms with Gasteiger partial charge in [0.15, 0.2) is 0 Å². The van der Waals surface area contributed by atoms with Gasteiger partial charge in [0.1, 0.15) is 6.07 Å². The Kier molecular flexibility index (Phi) is 5.79. The molecule has 1 aromatic heterocycles. The van der Waals surface area contributed by atoms with Gasteiger partial charge < -0.3 is 9.80 Å². The molecule has 0 N–H and O–H groups in total. The molecule has 0 radical (unpaired) electrons. The Morgan fingerprint density at radius 1 is 1.17 bits per heavy atom. The zero-order valence-corrected chi connectivity index (χ0v) is 17.3. The van der Waals surface area contributed by atoms with Gasteiger partial charge in [-0.05, 0) is 31.5 Å². The largest absolute Gasteiger partial charge is 0.341 e. The number of likely N-dealkylation sites (tertiary alicyclic amines) is 1. The maximum Gasteiger partial charge on any atom is 0.236 e. The van der Waals surface area contributed by atoms with Gasteiger partial charge in [-0.25, -0.2) is 0 Å². The van der Waals surface area contributed by atoms with Crippen LogP contribution in [0, 0.1) is 17.2 Å². The van der Waals surface area contributed by atoms with Gasteiger partial charge in [0.2, 0.25) is 5.91 Å². The molecule has 2 fully saturated rings. The van der Waals surface area contributed by atoms with Crippen LogP contribution in [0.1, 0.15) is 30.5 Å². The van der Waals surface area contributed by atoms with Gasteiger partial charge in [-0.3, -0.25) is 14.7 Å². The predicted octanol–water partition coefficient (Wildman–Crippen LogP) is 2.31. The van der Waals surface area contributed by atoms with E-state index in [9.17, 15) is 10.1 Å². The molecule has 0 unspecified atom stereocenters. The zero-order chi connectivity index (χ0) is 20.4. The van der Waals surface area contributed by atoms with Crippen LogP contribution in [0.3, 0.4) is 0 Å². The lowest BCUT2D eigenvalue weighted by Crippen LogP contribution is -2.51. The Morgan fingerprint density at radius 3 is 2.72 bits per heavy atom. The number of fused-ring (bicyclic) bond motifs is 1. The number of carbonyl (C=O) groups is 1. The van der Waals surface area contributed by atoms with E-state index in [0.717, 1.165) is 55.7 Å². The normalized spacial score (nSPS) is 23.8. The molecule has 1 amide bonds. The van der Waals surface area contributed by atoms with Crippen LogP contribution in [0.4, 0.5) is 0 Å². The first-order valence-corrected chi connectivity index (χ1v) is 10.5. The van der Waals surface area contributed by atoms with Crippen molar-refractivity contribution in [1.29, 1.82) is 5.26 Å².